The number of piperidine rings is 1. The van der Waals surface area contributed by atoms with E-state index in [1.807, 2.05) is 24.3 Å². The fourth-order valence-corrected chi connectivity index (χ4v) is 3.22. The molecule has 3 nitrogen and oxygen atoms in total. The molecule has 1 saturated heterocycles. The zero-order valence-corrected chi connectivity index (χ0v) is 13.7. The van der Waals surface area contributed by atoms with Crippen LogP contribution in [0.25, 0.3) is 0 Å². The average Bonchev–Trinajstić information content (AvgIpc) is 2.61. The summed E-state index contributed by atoms with van der Waals surface area (Å²) >= 11 is 0. The molecule has 2 aromatic carbocycles. The molecular weight excluding hydrogens is 284 g/mol. The van der Waals surface area contributed by atoms with E-state index in [0.29, 0.717) is 12.5 Å². The number of nitrogens with zero attached hydrogens (tertiary/aromatic N) is 1. The predicted molar refractivity (Wildman–Crippen MR) is 94.3 cm³/mol. The second-order valence-electron chi connectivity index (χ2n) is 6.40. The zero-order valence-electron chi connectivity index (χ0n) is 13.7. The van der Waals surface area contributed by atoms with Gasteiger partial charge < -0.3 is 10.5 Å². The molecule has 0 spiro atoms. The van der Waals surface area contributed by atoms with E-state index in [0.717, 1.165) is 25.4 Å². The van der Waals surface area contributed by atoms with Gasteiger partial charge in [0.05, 0.1) is 0 Å². The third-order valence-corrected chi connectivity index (χ3v) is 4.49. The van der Waals surface area contributed by atoms with Gasteiger partial charge in [0.1, 0.15) is 12.4 Å². The molecule has 0 aliphatic carbocycles. The second kappa shape index (κ2) is 8.14. The number of ether oxygens (including phenoxy) is 1. The lowest BCUT2D eigenvalue weighted by molar-refractivity contribution is 0.171. The first-order chi connectivity index (χ1) is 11.3. The maximum atomic E-state index is 5.93. The highest BCUT2D eigenvalue weighted by molar-refractivity contribution is 5.29. The fraction of sp³-hybridized carbons (Fsp3) is 0.400. The monoisotopic (exact) mass is 310 g/mol. The molecule has 0 amide bonds. The van der Waals surface area contributed by atoms with Crippen LogP contribution in [0.5, 0.6) is 5.75 Å². The van der Waals surface area contributed by atoms with E-state index in [2.05, 4.69) is 35.2 Å². The third-order valence-electron chi connectivity index (χ3n) is 4.49. The van der Waals surface area contributed by atoms with Crippen LogP contribution in [0, 0.1) is 5.92 Å². The Morgan fingerprint density at radius 2 is 1.87 bits per heavy atom. The van der Waals surface area contributed by atoms with Gasteiger partial charge in [0.25, 0.3) is 0 Å². The van der Waals surface area contributed by atoms with Gasteiger partial charge in [-0.1, -0.05) is 42.5 Å². The Morgan fingerprint density at radius 1 is 1.04 bits per heavy atom. The molecule has 1 heterocycles. The maximum Gasteiger partial charge on any atom is 0.120 e. The van der Waals surface area contributed by atoms with Gasteiger partial charge >= 0.3 is 0 Å². The van der Waals surface area contributed by atoms with Crippen molar-refractivity contribution in [3.63, 3.8) is 0 Å². The Bertz CT molecular complexity index is 600. The van der Waals surface area contributed by atoms with Gasteiger partial charge in [0, 0.05) is 13.1 Å². The van der Waals surface area contributed by atoms with Crippen LogP contribution < -0.4 is 10.5 Å². The van der Waals surface area contributed by atoms with Gasteiger partial charge in [-0.3, -0.25) is 4.90 Å². The lowest BCUT2D eigenvalue weighted by Gasteiger charge is -2.32. The molecule has 1 aliphatic heterocycles. The molecule has 0 radical (unpaired) electrons. The topological polar surface area (TPSA) is 38.5 Å². The summed E-state index contributed by atoms with van der Waals surface area (Å²) in [4.78, 5) is 2.51. The van der Waals surface area contributed by atoms with E-state index >= 15 is 0 Å². The SMILES string of the molecule is NCC1CCCN(Cc2cccc(OCc3ccccc3)c2)C1. The van der Waals surface area contributed by atoms with Crippen LogP contribution in [-0.4, -0.2) is 24.5 Å². The lowest BCUT2D eigenvalue weighted by atomic mass is 9.98. The Hall–Kier alpha value is -1.84. The number of hydrogen-bond acceptors (Lipinski definition) is 3. The van der Waals surface area contributed by atoms with E-state index < -0.39 is 0 Å². The van der Waals surface area contributed by atoms with Crippen molar-refractivity contribution in [3.8, 4) is 5.75 Å². The molecule has 122 valence electrons. The van der Waals surface area contributed by atoms with Crippen LogP contribution in [0.15, 0.2) is 54.6 Å². The van der Waals surface area contributed by atoms with Crippen molar-refractivity contribution in [1.29, 1.82) is 0 Å². The minimum Gasteiger partial charge on any atom is -0.489 e. The smallest absolute Gasteiger partial charge is 0.120 e. The van der Waals surface area contributed by atoms with Crippen molar-refractivity contribution in [2.24, 2.45) is 11.7 Å². The van der Waals surface area contributed by atoms with Crippen molar-refractivity contribution in [2.45, 2.75) is 26.0 Å². The molecule has 0 saturated carbocycles. The van der Waals surface area contributed by atoms with Crippen LogP contribution in [0.4, 0.5) is 0 Å². The molecule has 23 heavy (non-hydrogen) atoms. The summed E-state index contributed by atoms with van der Waals surface area (Å²) in [5.74, 6) is 1.60. The first-order valence-corrected chi connectivity index (χ1v) is 8.51. The summed E-state index contributed by atoms with van der Waals surface area (Å²) in [5.41, 5.74) is 8.34. The van der Waals surface area contributed by atoms with Crippen molar-refractivity contribution in [3.05, 3.63) is 65.7 Å². The lowest BCUT2D eigenvalue weighted by Crippen LogP contribution is -2.37. The summed E-state index contributed by atoms with van der Waals surface area (Å²) < 4.78 is 5.93. The number of rotatable bonds is 6. The van der Waals surface area contributed by atoms with Gasteiger partial charge in [-0.15, -0.1) is 0 Å². The molecule has 0 aromatic heterocycles. The van der Waals surface area contributed by atoms with Crippen LogP contribution in [0.2, 0.25) is 0 Å². The number of hydrogen-bond donors (Lipinski definition) is 1. The van der Waals surface area contributed by atoms with Crippen LogP contribution in [-0.2, 0) is 13.2 Å². The highest BCUT2D eigenvalue weighted by Crippen LogP contribution is 2.20. The number of benzene rings is 2. The van der Waals surface area contributed by atoms with Crippen molar-refractivity contribution in [1.82, 2.24) is 4.90 Å². The number of likely N-dealkylation sites (tertiary alicyclic amines) is 1. The Labute approximate surface area is 139 Å². The molecule has 1 unspecified atom stereocenters. The average molecular weight is 310 g/mol. The molecule has 1 atom stereocenters. The quantitative estimate of drug-likeness (QED) is 0.888. The summed E-state index contributed by atoms with van der Waals surface area (Å²) in [6.45, 7) is 4.69. The Balaban J connectivity index is 1.56. The minimum atomic E-state index is 0.614. The molecular formula is C20H26N2O. The van der Waals surface area contributed by atoms with Gasteiger partial charge in [0.2, 0.25) is 0 Å². The summed E-state index contributed by atoms with van der Waals surface area (Å²) in [6, 6.07) is 18.7. The van der Waals surface area contributed by atoms with Gasteiger partial charge in [-0.25, -0.2) is 0 Å². The van der Waals surface area contributed by atoms with E-state index in [4.69, 9.17) is 10.5 Å². The van der Waals surface area contributed by atoms with E-state index in [9.17, 15) is 0 Å². The van der Waals surface area contributed by atoms with E-state index in [1.165, 1.54) is 30.5 Å². The molecule has 3 rings (SSSR count). The van der Waals surface area contributed by atoms with Crippen molar-refractivity contribution in [2.75, 3.05) is 19.6 Å². The largest absolute Gasteiger partial charge is 0.489 e. The van der Waals surface area contributed by atoms with Crippen molar-refractivity contribution < 1.29 is 4.74 Å². The van der Waals surface area contributed by atoms with Gasteiger partial charge in [0.15, 0.2) is 0 Å². The normalized spacial score (nSPS) is 18.7. The van der Waals surface area contributed by atoms with Crippen molar-refractivity contribution >= 4 is 0 Å². The van der Waals surface area contributed by atoms with Crippen LogP contribution in [0.1, 0.15) is 24.0 Å². The van der Waals surface area contributed by atoms with E-state index in [1.54, 1.807) is 0 Å². The Morgan fingerprint density at radius 3 is 2.70 bits per heavy atom. The molecule has 2 aromatic rings. The zero-order chi connectivity index (χ0) is 15.9. The first-order valence-electron chi connectivity index (χ1n) is 8.51. The molecule has 1 aliphatic rings. The molecule has 1 fully saturated rings. The molecule has 3 heteroatoms. The predicted octanol–water partition coefficient (Wildman–Crippen LogP) is 3.44. The van der Waals surface area contributed by atoms with Crippen LogP contribution in [0.3, 0.4) is 0 Å². The minimum absolute atomic E-state index is 0.614. The third kappa shape index (κ3) is 4.81. The highest BCUT2D eigenvalue weighted by Gasteiger charge is 2.18. The second-order valence-corrected chi connectivity index (χ2v) is 6.40. The van der Waals surface area contributed by atoms with Gasteiger partial charge in [-0.05, 0) is 55.1 Å². The summed E-state index contributed by atoms with van der Waals surface area (Å²) in [5, 5.41) is 0. The fourth-order valence-electron chi connectivity index (χ4n) is 3.22. The number of nitrogens with two attached hydrogens (primary N) is 1. The maximum absolute atomic E-state index is 5.93. The molecule has 0 bridgehead atoms. The van der Waals surface area contributed by atoms with Gasteiger partial charge in [-0.2, -0.15) is 0 Å². The van der Waals surface area contributed by atoms with E-state index in [-0.39, 0.29) is 0 Å². The summed E-state index contributed by atoms with van der Waals surface area (Å²) in [6.07, 6.45) is 2.53. The highest BCUT2D eigenvalue weighted by atomic mass is 16.5. The summed E-state index contributed by atoms with van der Waals surface area (Å²) in [7, 11) is 0. The first kappa shape index (κ1) is 16.0. The molecule has 2 N–H and O–H groups in total. The van der Waals surface area contributed by atoms with Crippen LogP contribution >= 0.6 is 0 Å². The Kier molecular flexibility index (Phi) is 5.67. The standard InChI is InChI=1S/C20H26N2O/c21-13-19-9-5-11-22(15-19)14-18-8-4-10-20(12-18)23-16-17-6-2-1-3-7-17/h1-4,6-8,10,12,19H,5,9,11,13-16,21H2.